The highest BCUT2D eigenvalue weighted by atomic mass is 79.9. The maximum Gasteiger partial charge on any atom is 0.289 e. The van der Waals surface area contributed by atoms with Crippen LogP contribution in [0.15, 0.2) is 27.6 Å². The van der Waals surface area contributed by atoms with Crippen LogP contribution >= 0.6 is 15.9 Å². The zero-order valence-corrected chi connectivity index (χ0v) is 13.0. The largest absolute Gasteiger partial charge is 0.394 e. The molecule has 0 atom stereocenters. The van der Waals surface area contributed by atoms with E-state index in [-0.39, 0.29) is 4.47 Å². The van der Waals surface area contributed by atoms with Crippen molar-refractivity contribution in [1.82, 2.24) is 4.72 Å². The molecule has 0 aliphatic carbocycles. The lowest BCUT2D eigenvalue weighted by atomic mass is 10.1. The minimum atomic E-state index is -4.45. The van der Waals surface area contributed by atoms with Gasteiger partial charge in [0.1, 0.15) is 5.54 Å². The van der Waals surface area contributed by atoms with Gasteiger partial charge in [-0.2, -0.15) is 4.72 Å². The summed E-state index contributed by atoms with van der Waals surface area (Å²) in [6, 6.07) is 3.31. The van der Waals surface area contributed by atoms with Crippen LogP contribution in [0.4, 0.5) is 5.69 Å². The predicted molar refractivity (Wildman–Crippen MR) is 75.1 cm³/mol. The summed E-state index contributed by atoms with van der Waals surface area (Å²) in [5, 5.41) is 38.3. The SMILES string of the molecule is O=[N+]([O-])c1ccc(Br)cc1S(=O)(=O)NC(CO)(CO)CO. The van der Waals surface area contributed by atoms with Gasteiger partial charge in [0.15, 0.2) is 4.90 Å². The molecule has 0 heterocycles. The van der Waals surface area contributed by atoms with Crippen molar-refractivity contribution in [3.05, 3.63) is 32.8 Å². The summed E-state index contributed by atoms with van der Waals surface area (Å²) in [6.45, 7) is -2.66. The molecule has 4 N–H and O–H groups in total. The van der Waals surface area contributed by atoms with Crippen molar-refractivity contribution in [3.8, 4) is 0 Å². The highest BCUT2D eigenvalue weighted by Gasteiger charge is 2.36. The first-order valence-electron chi connectivity index (χ1n) is 5.52. The molecule has 1 aromatic carbocycles. The number of nitro groups is 1. The van der Waals surface area contributed by atoms with Crippen molar-refractivity contribution in [1.29, 1.82) is 0 Å². The molecule has 0 spiro atoms. The highest BCUT2D eigenvalue weighted by Crippen LogP contribution is 2.28. The number of benzene rings is 1. The highest BCUT2D eigenvalue weighted by molar-refractivity contribution is 9.10. The van der Waals surface area contributed by atoms with Gasteiger partial charge in [0, 0.05) is 10.5 Å². The zero-order chi connectivity index (χ0) is 16.3. The van der Waals surface area contributed by atoms with E-state index in [0.717, 1.165) is 12.1 Å². The fourth-order valence-corrected chi connectivity index (χ4v) is 3.53. The number of sulfonamides is 1. The summed E-state index contributed by atoms with van der Waals surface area (Å²) in [5.41, 5.74) is -2.59. The van der Waals surface area contributed by atoms with Crippen LogP contribution in [0.3, 0.4) is 0 Å². The molecule has 0 aliphatic rings. The third-order valence-corrected chi connectivity index (χ3v) is 4.77. The first kappa shape index (κ1) is 17.9. The number of halogens is 1. The normalized spacial score (nSPS) is 12.4. The Bertz CT molecular complexity index is 622. The van der Waals surface area contributed by atoms with E-state index in [4.69, 9.17) is 15.3 Å². The van der Waals surface area contributed by atoms with Crippen molar-refractivity contribution in [2.24, 2.45) is 0 Å². The Labute approximate surface area is 128 Å². The molecule has 0 aromatic heterocycles. The molecule has 21 heavy (non-hydrogen) atoms. The van der Waals surface area contributed by atoms with E-state index in [0.29, 0.717) is 0 Å². The van der Waals surface area contributed by atoms with Gasteiger partial charge in [0.2, 0.25) is 10.0 Å². The molecule has 0 bridgehead atoms. The second kappa shape index (κ2) is 6.77. The Morgan fingerprint density at radius 3 is 2.19 bits per heavy atom. The van der Waals surface area contributed by atoms with Gasteiger partial charge < -0.3 is 15.3 Å². The number of hydrogen-bond acceptors (Lipinski definition) is 7. The topological polar surface area (TPSA) is 150 Å². The molecule has 0 amide bonds. The minimum Gasteiger partial charge on any atom is -0.394 e. The van der Waals surface area contributed by atoms with Gasteiger partial charge in [-0.25, -0.2) is 8.42 Å². The summed E-state index contributed by atoms with van der Waals surface area (Å²) >= 11 is 3.01. The van der Waals surface area contributed by atoms with Crippen molar-refractivity contribution in [3.63, 3.8) is 0 Å². The van der Waals surface area contributed by atoms with Crippen LogP contribution in [0, 0.1) is 10.1 Å². The van der Waals surface area contributed by atoms with E-state index in [1.807, 2.05) is 4.72 Å². The van der Waals surface area contributed by atoms with Gasteiger partial charge in [0.25, 0.3) is 5.69 Å². The average molecular weight is 385 g/mol. The number of hydrogen-bond donors (Lipinski definition) is 4. The van der Waals surface area contributed by atoms with Crippen molar-refractivity contribution >= 4 is 31.6 Å². The lowest BCUT2D eigenvalue weighted by Gasteiger charge is -2.28. The van der Waals surface area contributed by atoms with Gasteiger partial charge in [0.05, 0.1) is 24.7 Å². The van der Waals surface area contributed by atoms with E-state index in [1.54, 1.807) is 0 Å². The van der Waals surface area contributed by atoms with Crippen LogP contribution in [0.2, 0.25) is 0 Å². The van der Waals surface area contributed by atoms with Crippen LogP contribution < -0.4 is 4.72 Å². The molecule has 1 rings (SSSR count). The van der Waals surface area contributed by atoms with Crippen LogP contribution in [0.5, 0.6) is 0 Å². The molecule has 11 heteroatoms. The Balaban J connectivity index is 3.38. The maximum absolute atomic E-state index is 12.2. The molecule has 0 fully saturated rings. The van der Waals surface area contributed by atoms with Gasteiger partial charge in [-0.3, -0.25) is 10.1 Å². The molecule has 0 saturated heterocycles. The standard InChI is InChI=1S/C10H13BrN2O7S/c11-7-1-2-8(13(17)18)9(3-7)21(19,20)12-10(4-14,5-15)6-16/h1-3,12,14-16H,4-6H2. The smallest absolute Gasteiger partial charge is 0.289 e. The maximum atomic E-state index is 12.2. The number of nitro benzene ring substituents is 1. The fraction of sp³-hybridized carbons (Fsp3) is 0.400. The van der Waals surface area contributed by atoms with Gasteiger partial charge in [-0.1, -0.05) is 15.9 Å². The van der Waals surface area contributed by atoms with Gasteiger partial charge in [-0.05, 0) is 12.1 Å². The zero-order valence-electron chi connectivity index (χ0n) is 10.6. The molecule has 9 nitrogen and oxygen atoms in total. The van der Waals surface area contributed by atoms with Crippen molar-refractivity contribution in [2.75, 3.05) is 19.8 Å². The number of rotatable bonds is 7. The Hall–Kier alpha value is -1.11. The summed E-state index contributed by atoms with van der Waals surface area (Å²) in [7, 11) is -4.45. The summed E-state index contributed by atoms with van der Waals surface area (Å²) in [4.78, 5) is 9.38. The van der Waals surface area contributed by atoms with Crippen LogP contribution in [0.1, 0.15) is 0 Å². The monoisotopic (exact) mass is 384 g/mol. The lowest BCUT2D eigenvalue weighted by Crippen LogP contribution is -2.56. The minimum absolute atomic E-state index is 0.288. The number of nitrogens with one attached hydrogen (secondary N) is 1. The summed E-state index contributed by atoms with van der Waals surface area (Å²) in [6.07, 6.45) is 0. The molecule has 118 valence electrons. The van der Waals surface area contributed by atoms with E-state index >= 15 is 0 Å². The number of aliphatic hydroxyl groups excluding tert-OH is 3. The van der Waals surface area contributed by atoms with Crippen molar-refractivity contribution < 1.29 is 28.7 Å². The van der Waals surface area contributed by atoms with Crippen LogP contribution in [-0.2, 0) is 10.0 Å². The van der Waals surface area contributed by atoms with Crippen molar-refractivity contribution in [2.45, 2.75) is 10.4 Å². The Morgan fingerprint density at radius 1 is 1.24 bits per heavy atom. The predicted octanol–water partition coefficient (Wildman–Crippen LogP) is -0.649. The van der Waals surface area contributed by atoms with E-state index in [1.165, 1.54) is 6.07 Å². The third-order valence-electron chi connectivity index (χ3n) is 2.67. The number of nitrogens with zero attached hydrogens (tertiary/aromatic N) is 1. The lowest BCUT2D eigenvalue weighted by molar-refractivity contribution is -0.387. The summed E-state index contributed by atoms with van der Waals surface area (Å²) < 4.78 is 26.6. The molecule has 0 unspecified atom stereocenters. The first-order chi connectivity index (χ1) is 9.71. The quantitative estimate of drug-likeness (QED) is 0.360. The van der Waals surface area contributed by atoms with Gasteiger partial charge >= 0.3 is 0 Å². The molecule has 1 aromatic rings. The molecule has 0 radical (unpaired) electrons. The molecular formula is C10H13BrN2O7S. The van der Waals surface area contributed by atoms with Crippen LogP contribution in [-0.4, -0.2) is 54.0 Å². The van der Waals surface area contributed by atoms with E-state index < -0.39 is 50.9 Å². The molecule has 0 saturated carbocycles. The second-order valence-corrected chi connectivity index (χ2v) is 6.80. The summed E-state index contributed by atoms with van der Waals surface area (Å²) in [5.74, 6) is 0. The third kappa shape index (κ3) is 3.96. The molecule has 0 aliphatic heterocycles. The fourth-order valence-electron chi connectivity index (χ4n) is 1.44. The van der Waals surface area contributed by atoms with Crippen LogP contribution in [0.25, 0.3) is 0 Å². The Kier molecular flexibility index (Phi) is 5.78. The van der Waals surface area contributed by atoms with E-state index in [9.17, 15) is 18.5 Å². The second-order valence-electron chi connectivity index (χ2n) is 4.23. The average Bonchev–Trinajstić information content (AvgIpc) is 2.44. The molecular weight excluding hydrogens is 372 g/mol. The van der Waals surface area contributed by atoms with Gasteiger partial charge in [-0.15, -0.1) is 0 Å². The number of aliphatic hydroxyl groups is 3. The van der Waals surface area contributed by atoms with E-state index in [2.05, 4.69) is 15.9 Å². The Morgan fingerprint density at radius 2 is 1.76 bits per heavy atom. The first-order valence-corrected chi connectivity index (χ1v) is 7.79.